The molecule has 1 aromatic rings. The number of rotatable bonds is 6. The van der Waals surface area contributed by atoms with Gasteiger partial charge in [-0.1, -0.05) is 18.9 Å². The van der Waals surface area contributed by atoms with E-state index in [1.165, 1.54) is 38.9 Å². The van der Waals surface area contributed by atoms with E-state index in [4.69, 9.17) is 4.74 Å². The van der Waals surface area contributed by atoms with E-state index in [1.54, 1.807) is 12.1 Å². The van der Waals surface area contributed by atoms with Crippen LogP contribution in [-0.2, 0) is 0 Å². The maximum Gasteiger partial charge on any atom is 0.132 e. The third kappa shape index (κ3) is 3.49. The highest BCUT2D eigenvalue weighted by Gasteiger charge is 2.22. The van der Waals surface area contributed by atoms with Crippen molar-refractivity contribution in [2.45, 2.75) is 44.2 Å². The fraction of sp³-hybridized carbons (Fsp3) is 0.625. The minimum atomic E-state index is -0.824. The number of ether oxygens (including phenoxy) is 1. The van der Waals surface area contributed by atoms with E-state index in [-0.39, 0.29) is 5.56 Å². The van der Waals surface area contributed by atoms with E-state index in [9.17, 15) is 9.50 Å². The van der Waals surface area contributed by atoms with Crippen molar-refractivity contribution in [1.82, 2.24) is 4.90 Å². The normalized spacial score (nSPS) is 17.6. The number of hydrogen-bond donors (Lipinski definition) is 1. The van der Waals surface area contributed by atoms with Gasteiger partial charge in [0.2, 0.25) is 0 Å². The zero-order chi connectivity index (χ0) is 14.5. The molecule has 1 atom stereocenters. The molecule has 1 unspecified atom stereocenters. The molecule has 1 fully saturated rings. The van der Waals surface area contributed by atoms with Crippen LogP contribution >= 0.6 is 0 Å². The van der Waals surface area contributed by atoms with Crippen LogP contribution in [0.2, 0.25) is 0 Å². The minimum Gasteiger partial charge on any atom is -0.496 e. The van der Waals surface area contributed by atoms with E-state index in [1.807, 2.05) is 0 Å². The third-order valence-electron chi connectivity index (χ3n) is 4.27. The van der Waals surface area contributed by atoms with Gasteiger partial charge in [-0.3, -0.25) is 0 Å². The topological polar surface area (TPSA) is 32.7 Å². The largest absolute Gasteiger partial charge is 0.496 e. The molecule has 1 N–H and O–H groups in total. The van der Waals surface area contributed by atoms with Gasteiger partial charge in [-0.15, -0.1) is 0 Å². The van der Waals surface area contributed by atoms with Gasteiger partial charge in [-0.2, -0.15) is 0 Å². The van der Waals surface area contributed by atoms with Gasteiger partial charge in [-0.25, -0.2) is 4.39 Å². The minimum absolute atomic E-state index is 0.273. The maximum absolute atomic E-state index is 13.9. The van der Waals surface area contributed by atoms with Gasteiger partial charge in [0.05, 0.1) is 18.8 Å². The molecule has 0 saturated heterocycles. The molecule has 0 bridgehead atoms. The molecule has 0 radical (unpaired) electrons. The number of hydrogen-bond acceptors (Lipinski definition) is 3. The molecule has 4 heteroatoms. The highest BCUT2D eigenvalue weighted by atomic mass is 19.1. The third-order valence-corrected chi connectivity index (χ3v) is 4.27. The summed E-state index contributed by atoms with van der Waals surface area (Å²) >= 11 is 0. The van der Waals surface area contributed by atoms with Crippen LogP contribution in [-0.4, -0.2) is 36.8 Å². The Hall–Kier alpha value is -1.13. The van der Waals surface area contributed by atoms with E-state index in [2.05, 4.69) is 11.9 Å². The van der Waals surface area contributed by atoms with Crippen LogP contribution in [0.5, 0.6) is 5.75 Å². The standard InChI is InChI=1S/C16H24FNO2/c1-18(12-6-3-4-7-12)11-10-14(19)16-13(17)8-5-9-15(16)20-2/h5,8-9,12,14,19H,3-4,6-7,10-11H2,1-2H3. The van der Waals surface area contributed by atoms with Gasteiger partial charge in [0, 0.05) is 12.6 Å². The first kappa shape index (κ1) is 15.3. The lowest BCUT2D eigenvalue weighted by Crippen LogP contribution is -2.31. The highest BCUT2D eigenvalue weighted by Crippen LogP contribution is 2.30. The van der Waals surface area contributed by atoms with Gasteiger partial charge >= 0.3 is 0 Å². The zero-order valence-corrected chi connectivity index (χ0v) is 12.3. The second-order valence-corrected chi connectivity index (χ2v) is 5.58. The quantitative estimate of drug-likeness (QED) is 0.869. The summed E-state index contributed by atoms with van der Waals surface area (Å²) in [4.78, 5) is 2.28. The second-order valence-electron chi connectivity index (χ2n) is 5.58. The van der Waals surface area contributed by atoms with Gasteiger partial charge in [0.15, 0.2) is 0 Å². The predicted molar refractivity (Wildman–Crippen MR) is 77.4 cm³/mol. The van der Waals surface area contributed by atoms with Crippen molar-refractivity contribution < 1.29 is 14.2 Å². The summed E-state index contributed by atoms with van der Waals surface area (Å²) in [5.41, 5.74) is 0.273. The first-order valence-electron chi connectivity index (χ1n) is 7.34. The lowest BCUT2D eigenvalue weighted by atomic mass is 10.0. The van der Waals surface area contributed by atoms with Crippen LogP contribution in [0.4, 0.5) is 4.39 Å². The summed E-state index contributed by atoms with van der Waals surface area (Å²) in [5, 5.41) is 10.3. The fourth-order valence-electron chi connectivity index (χ4n) is 3.02. The Morgan fingerprint density at radius 2 is 2.10 bits per heavy atom. The van der Waals surface area contributed by atoms with Crippen LogP contribution < -0.4 is 4.74 Å². The van der Waals surface area contributed by atoms with Crippen molar-refractivity contribution >= 4 is 0 Å². The van der Waals surface area contributed by atoms with Crippen molar-refractivity contribution in [3.8, 4) is 5.75 Å². The van der Waals surface area contributed by atoms with Gasteiger partial charge in [0.25, 0.3) is 0 Å². The highest BCUT2D eigenvalue weighted by molar-refractivity contribution is 5.36. The number of aliphatic hydroxyl groups is 1. The van der Waals surface area contributed by atoms with Crippen molar-refractivity contribution in [2.24, 2.45) is 0 Å². The Balaban J connectivity index is 1.96. The monoisotopic (exact) mass is 281 g/mol. The second kappa shape index (κ2) is 7.04. The molecule has 0 spiro atoms. The molecular formula is C16H24FNO2. The Kier molecular flexibility index (Phi) is 5.38. The van der Waals surface area contributed by atoms with Crippen molar-refractivity contribution in [3.63, 3.8) is 0 Å². The van der Waals surface area contributed by atoms with Gasteiger partial charge in [-0.05, 0) is 38.4 Å². The van der Waals surface area contributed by atoms with Crippen LogP contribution in [0.25, 0.3) is 0 Å². The molecule has 20 heavy (non-hydrogen) atoms. The van der Waals surface area contributed by atoms with E-state index in [0.717, 1.165) is 6.54 Å². The molecule has 0 aliphatic heterocycles. The molecule has 2 rings (SSSR count). The average Bonchev–Trinajstić information content (AvgIpc) is 2.98. The summed E-state index contributed by atoms with van der Waals surface area (Å²) in [6.45, 7) is 0.767. The Labute approximate surface area is 120 Å². The van der Waals surface area contributed by atoms with Crippen LogP contribution in [0.1, 0.15) is 43.8 Å². The van der Waals surface area contributed by atoms with Crippen molar-refractivity contribution in [3.05, 3.63) is 29.6 Å². The first-order valence-corrected chi connectivity index (χ1v) is 7.34. The summed E-state index contributed by atoms with van der Waals surface area (Å²) in [7, 11) is 3.58. The summed E-state index contributed by atoms with van der Waals surface area (Å²) in [6.07, 6.45) is 4.74. The van der Waals surface area contributed by atoms with E-state index >= 15 is 0 Å². The Morgan fingerprint density at radius 1 is 1.40 bits per heavy atom. The number of aliphatic hydroxyl groups excluding tert-OH is 1. The summed E-state index contributed by atoms with van der Waals surface area (Å²) < 4.78 is 19.0. The SMILES string of the molecule is COc1cccc(F)c1C(O)CCN(C)C1CCCC1. The van der Waals surface area contributed by atoms with E-state index < -0.39 is 11.9 Å². The first-order chi connectivity index (χ1) is 9.63. The molecule has 1 aliphatic carbocycles. The molecule has 112 valence electrons. The molecule has 1 saturated carbocycles. The fourth-order valence-corrected chi connectivity index (χ4v) is 3.02. The maximum atomic E-state index is 13.9. The van der Waals surface area contributed by atoms with Gasteiger partial charge < -0.3 is 14.7 Å². The number of halogens is 1. The molecule has 1 aliphatic rings. The molecular weight excluding hydrogens is 257 g/mol. The van der Waals surface area contributed by atoms with Crippen LogP contribution in [0.15, 0.2) is 18.2 Å². The summed E-state index contributed by atoms with van der Waals surface area (Å²) in [5.74, 6) is 0.0152. The molecule has 3 nitrogen and oxygen atoms in total. The van der Waals surface area contributed by atoms with Gasteiger partial charge in [0.1, 0.15) is 11.6 Å². The molecule has 0 amide bonds. The Bertz CT molecular complexity index is 432. The smallest absolute Gasteiger partial charge is 0.132 e. The van der Waals surface area contributed by atoms with Crippen molar-refractivity contribution in [1.29, 1.82) is 0 Å². The lowest BCUT2D eigenvalue weighted by Gasteiger charge is -2.25. The van der Waals surface area contributed by atoms with Crippen LogP contribution in [0.3, 0.4) is 0 Å². The lowest BCUT2D eigenvalue weighted by molar-refractivity contribution is 0.130. The number of methoxy groups -OCH3 is 1. The zero-order valence-electron chi connectivity index (χ0n) is 12.3. The number of benzene rings is 1. The average molecular weight is 281 g/mol. The number of nitrogens with zero attached hydrogens (tertiary/aromatic N) is 1. The predicted octanol–water partition coefficient (Wildman–Crippen LogP) is 3.13. The van der Waals surface area contributed by atoms with Crippen LogP contribution in [0, 0.1) is 5.82 Å². The molecule has 0 heterocycles. The van der Waals surface area contributed by atoms with E-state index in [0.29, 0.717) is 18.2 Å². The molecule has 1 aromatic carbocycles. The molecule has 0 aromatic heterocycles. The van der Waals surface area contributed by atoms with Crippen molar-refractivity contribution in [2.75, 3.05) is 20.7 Å². The summed E-state index contributed by atoms with van der Waals surface area (Å²) in [6, 6.07) is 5.25. The Morgan fingerprint density at radius 3 is 2.75 bits per heavy atom.